The molecule has 2 heterocycles. The van der Waals surface area contributed by atoms with Gasteiger partial charge in [-0.05, 0) is 73.6 Å². The van der Waals surface area contributed by atoms with E-state index in [1.807, 2.05) is 0 Å². The summed E-state index contributed by atoms with van der Waals surface area (Å²) in [5.74, 6) is 0. The molecule has 6 rings (SSSR count). The first-order valence-electron chi connectivity index (χ1n) is 11.1. The van der Waals surface area contributed by atoms with E-state index in [2.05, 4.69) is 101 Å². The summed E-state index contributed by atoms with van der Waals surface area (Å²) in [4.78, 5) is 3.64. The molecule has 1 saturated heterocycles. The first kappa shape index (κ1) is 19.2. The second kappa shape index (κ2) is 5.82. The van der Waals surface area contributed by atoms with Crippen molar-refractivity contribution in [1.29, 1.82) is 0 Å². The Hall–Kier alpha value is -2.56. The number of rotatable bonds is 1. The van der Waals surface area contributed by atoms with Gasteiger partial charge in [-0.15, -0.1) is 0 Å². The summed E-state index contributed by atoms with van der Waals surface area (Å²) in [7, 11) is -0.353. The van der Waals surface area contributed by atoms with E-state index in [1.54, 1.807) is 0 Å². The second-order valence-corrected chi connectivity index (χ2v) is 10.6. The third kappa shape index (κ3) is 2.49. The van der Waals surface area contributed by atoms with Crippen molar-refractivity contribution < 1.29 is 9.31 Å². The van der Waals surface area contributed by atoms with Crippen LogP contribution in [0.1, 0.15) is 52.7 Å². The maximum absolute atomic E-state index is 6.30. The molecule has 0 radical (unpaired) electrons. The Kier molecular flexibility index (Phi) is 3.59. The summed E-state index contributed by atoms with van der Waals surface area (Å²) in [5.41, 5.74) is 8.19. The molecular formula is C27H28BNO2. The minimum absolute atomic E-state index is 0.00522. The van der Waals surface area contributed by atoms with Gasteiger partial charge in [0.25, 0.3) is 0 Å². The van der Waals surface area contributed by atoms with Crippen molar-refractivity contribution in [3.05, 3.63) is 65.7 Å². The average molecular weight is 409 g/mol. The molecule has 1 N–H and O–H groups in total. The minimum atomic E-state index is -0.353. The molecule has 1 aliphatic carbocycles. The Morgan fingerprint density at radius 1 is 0.677 bits per heavy atom. The van der Waals surface area contributed by atoms with Crippen LogP contribution < -0.4 is 5.46 Å². The van der Waals surface area contributed by atoms with Gasteiger partial charge in [0.15, 0.2) is 0 Å². The fourth-order valence-corrected chi connectivity index (χ4v) is 5.24. The normalized spacial score (nSPS) is 20.4. The molecular weight excluding hydrogens is 381 g/mol. The highest BCUT2D eigenvalue weighted by molar-refractivity contribution is 6.62. The minimum Gasteiger partial charge on any atom is -0.399 e. The second-order valence-electron chi connectivity index (χ2n) is 10.6. The van der Waals surface area contributed by atoms with Gasteiger partial charge in [-0.3, -0.25) is 0 Å². The molecule has 2 aliphatic rings. The molecule has 0 atom stereocenters. The number of nitrogens with one attached hydrogen (secondary N) is 1. The molecule has 3 nitrogen and oxygen atoms in total. The van der Waals surface area contributed by atoms with Crippen LogP contribution in [-0.2, 0) is 14.7 Å². The van der Waals surface area contributed by atoms with Crippen molar-refractivity contribution in [3.63, 3.8) is 0 Å². The average Bonchev–Trinajstić information content (AvgIpc) is 3.26. The van der Waals surface area contributed by atoms with Crippen molar-refractivity contribution in [1.82, 2.24) is 4.98 Å². The monoisotopic (exact) mass is 409 g/mol. The lowest BCUT2D eigenvalue weighted by Gasteiger charge is -2.32. The van der Waals surface area contributed by atoms with E-state index in [0.29, 0.717) is 0 Å². The van der Waals surface area contributed by atoms with Gasteiger partial charge in [0.2, 0.25) is 0 Å². The zero-order valence-corrected chi connectivity index (χ0v) is 19.1. The lowest BCUT2D eigenvalue weighted by Crippen LogP contribution is -2.41. The molecule has 4 aromatic rings. The Bertz CT molecular complexity index is 1360. The number of benzene rings is 3. The van der Waals surface area contributed by atoms with Crippen molar-refractivity contribution in [2.45, 2.75) is 58.2 Å². The van der Waals surface area contributed by atoms with Gasteiger partial charge in [0.1, 0.15) is 0 Å². The number of hydrogen-bond donors (Lipinski definition) is 1. The third-order valence-electron chi connectivity index (χ3n) is 7.85. The maximum atomic E-state index is 6.30. The van der Waals surface area contributed by atoms with Crippen LogP contribution in [0.25, 0.3) is 32.9 Å². The Morgan fingerprint density at radius 3 is 2.10 bits per heavy atom. The largest absolute Gasteiger partial charge is 0.494 e. The van der Waals surface area contributed by atoms with Gasteiger partial charge < -0.3 is 14.3 Å². The van der Waals surface area contributed by atoms with Gasteiger partial charge >= 0.3 is 7.12 Å². The maximum Gasteiger partial charge on any atom is 0.494 e. The number of aromatic nitrogens is 1. The van der Waals surface area contributed by atoms with Crippen LogP contribution in [-0.4, -0.2) is 23.3 Å². The predicted octanol–water partition coefficient (Wildman–Crippen LogP) is 5.93. The topological polar surface area (TPSA) is 34.2 Å². The summed E-state index contributed by atoms with van der Waals surface area (Å²) in [6.07, 6.45) is 0. The third-order valence-corrected chi connectivity index (χ3v) is 7.85. The van der Waals surface area contributed by atoms with E-state index in [1.165, 1.54) is 38.5 Å². The summed E-state index contributed by atoms with van der Waals surface area (Å²) >= 11 is 0. The molecule has 1 fully saturated rings. The van der Waals surface area contributed by atoms with Gasteiger partial charge in [-0.2, -0.15) is 0 Å². The fourth-order valence-electron chi connectivity index (χ4n) is 5.24. The zero-order chi connectivity index (χ0) is 21.8. The van der Waals surface area contributed by atoms with Crippen molar-refractivity contribution in [3.8, 4) is 11.1 Å². The van der Waals surface area contributed by atoms with E-state index in [0.717, 1.165) is 11.0 Å². The molecule has 1 aromatic heterocycles. The number of H-pyrrole nitrogens is 1. The molecule has 4 heteroatoms. The number of aromatic amines is 1. The standard InChI is InChI=1S/C27H28BNO2/c1-25(2)21-10-8-7-9-17(21)18-14-20-19-13-16(28-30-26(3,4)27(5,6)31-28)11-12-23(19)29-24(20)15-22(18)25/h7-15,29H,1-6H3. The lowest BCUT2D eigenvalue weighted by atomic mass is 9.78. The van der Waals surface area contributed by atoms with Crippen LogP contribution in [0.2, 0.25) is 0 Å². The van der Waals surface area contributed by atoms with E-state index in [9.17, 15) is 0 Å². The molecule has 1 aliphatic heterocycles. The number of hydrogen-bond acceptors (Lipinski definition) is 2. The van der Waals surface area contributed by atoms with Crippen LogP contribution >= 0.6 is 0 Å². The summed E-state index contributed by atoms with van der Waals surface area (Å²) in [5, 5.41) is 2.46. The quantitative estimate of drug-likeness (QED) is 0.396. The Labute approximate surface area is 183 Å². The Balaban J connectivity index is 1.53. The fraction of sp³-hybridized carbons (Fsp3) is 0.333. The van der Waals surface area contributed by atoms with Crippen LogP contribution in [0.5, 0.6) is 0 Å². The van der Waals surface area contributed by atoms with Crippen molar-refractivity contribution in [2.24, 2.45) is 0 Å². The first-order valence-corrected chi connectivity index (χ1v) is 11.1. The molecule has 156 valence electrons. The van der Waals surface area contributed by atoms with Crippen LogP contribution in [0.4, 0.5) is 0 Å². The van der Waals surface area contributed by atoms with Crippen LogP contribution in [0, 0.1) is 0 Å². The van der Waals surface area contributed by atoms with E-state index in [-0.39, 0.29) is 23.7 Å². The predicted molar refractivity (Wildman–Crippen MR) is 129 cm³/mol. The molecule has 0 amide bonds. The zero-order valence-electron chi connectivity index (χ0n) is 19.1. The summed E-state index contributed by atoms with van der Waals surface area (Å²) in [6.45, 7) is 13.0. The molecule has 0 bridgehead atoms. The molecule has 31 heavy (non-hydrogen) atoms. The van der Waals surface area contributed by atoms with E-state index in [4.69, 9.17) is 9.31 Å². The SMILES string of the molecule is CC1(C)c2ccccc2-c2cc3c(cc21)[nH]c1ccc(B2OC(C)(C)C(C)(C)O2)cc13. The van der Waals surface area contributed by atoms with Gasteiger partial charge in [0.05, 0.1) is 11.2 Å². The first-order chi connectivity index (χ1) is 14.6. The Morgan fingerprint density at radius 2 is 1.35 bits per heavy atom. The molecule has 0 unspecified atom stereocenters. The number of fused-ring (bicyclic) bond motifs is 6. The highest BCUT2D eigenvalue weighted by atomic mass is 16.7. The van der Waals surface area contributed by atoms with Crippen LogP contribution in [0.15, 0.2) is 54.6 Å². The highest BCUT2D eigenvalue weighted by Gasteiger charge is 2.51. The van der Waals surface area contributed by atoms with E-state index >= 15 is 0 Å². The molecule has 0 spiro atoms. The van der Waals surface area contributed by atoms with Gasteiger partial charge in [-0.25, -0.2) is 0 Å². The molecule has 3 aromatic carbocycles. The highest BCUT2D eigenvalue weighted by Crippen LogP contribution is 2.50. The van der Waals surface area contributed by atoms with Crippen molar-refractivity contribution >= 4 is 34.4 Å². The van der Waals surface area contributed by atoms with E-state index < -0.39 is 0 Å². The molecule has 0 saturated carbocycles. The van der Waals surface area contributed by atoms with Gasteiger partial charge in [-0.1, -0.05) is 50.2 Å². The summed E-state index contributed by atoms with van der Waals surface area (Å²) < 4.78 is 12.6. The smallest absolute Gasteiger partial charge is 0.399 e. The van der Waals surface area contributed by atoms with Gasteiger partial charge in [0, 0.05) is 27.2 Å². The summed E-state index contributed by atoms with van der Waals surface area (Å²) in [6, 6.07) is 20.0. The van der Waals surface area contributed by atoms with Crippen LogP contribution in [0.3, 0.4) is 0 Å². The lowest BCUT2D eigenvalue weighted by molar-refractivity contribution is 0.00578. The van der Waals surface area contributed by atoms with Crippen molar-refractivity contribution in [2.75, 3.05) is 0 Å².